The van der Waals surface area contributed by atoms with E-state index in [-0.39, 0.29) is 24.4 Å². The Balaban J connectivity index is 1.19. The summed E-state index contributed by atoms with van der Waals surface area (Å²) in [7, 11) is 0. The Morgan fingerprint density at radius 2 is 1.72 bits per heavy atom. The quantitative estimate of drug-likeness (QED) is 0.542. The fourth-order valence-electron chi connectivity index (χ4n) is 4.45. The second-order valence-corrected chi connectivity index (χ2v) is 8.84. The van der Waals surface area contributed by atoms with Gasteiger partial charge in [0.1, 0.15) is 11.4 Å². The summed E-state index contributed by atoms with van der Waals surface area (Å²) < 4.78 is 83.6. The van der Waals surface area contributed by atoms with E-state index in [2.05, 4.69) is 20.3 Å². The number of anilines is 2. The number of hydrogen-bond acceptors (Lipinski definition) is 7. The molecule has 2 fully saturated rings. The van der Waals surface area contributed by atoms with Gasteiger partial charge in [0.05, 0.1) is 29.7 Å². The molecule has 36 heavy (non-hydrogen) atoms. The molecule has 2 saturated heterocycles. The maximum atomic E-state index is 13.2. The topological polar surface area (TPSA) is 86.4 Å². The Kier molecular flexibility index (Phi) is 7.73. The molecule has 2 aliphatic rings. The van der Waals surface area contributed by atoms with Crippen molar-refractivity contribution in [2.45, 2.75) is 43.8 Å². The van der Waals surface area contributed by atoms with Crippen LogP contribution < -0.4 is 15.8 Å². The highest BCUT2D eigenvalue weighted by molar-refractivity contribution is 5.49. The van der Waals surface area contributed by atoms with Crippen molar-refractivity contribution in [2.75, 3.05) is 49.5 Å². The fraction of sp³-hybridized carbons (Fsp3) is 0.591. The second-order valence-electron chi connectivity index (χ2n) is 8.84. The highest BCUT2D eigenvalue weighted by atomic mass is 19.4. The lowest BCUT2D eigenvalue weighted by molar-refractivity contribution is -0.138. The number of piperazine rings is 1. The van der Waals surface area contributed by atoms with E-state index in [0.29, 0.717) is 25.3 Å². The maximum absolute atomic E-state index is 13.2. The van der Waals surface area contributed by atoms with E-state index < -0.39 is 29.0 Å². The Morgan fingerprint density at radius 1 is 1.00 bits per heavy atom. The molecule has 0 saturated carbocycles. The molecule has 4 rings (SSSR count). The van der Waals surface area contributed by atoms with E-state index in [1.165, 1.54) is 6.07 Å². The van der Waals surface area contributed by atoms with Crippen LogP contribution in [0, 0.1) is 0 Å². The average Bonchev–Trinajstić information content (AvgIpc) is 3.28. The molecule has 8 nitrogen and oxygen atoms in total. The van der Waals surface area contributed by atoms with Crippen LogP contribution >= 0.6 is 0 Å². The van der Waals surface area contributed by atoms with Crippen LogP contribution in [0.4, 0.5) is 37.8 Å². The van der Waals surface area contributed by atoms with Gasteiger partial charge in [-0.15, -0.1) is 0 Å². The van der Waals surface area contributed by atoms with E-state index >= 15 is 0 Å². The van der Waals surface area contributed by atoms with Gasteiger partial charge in [-0.1, -0.05) is 0 Å². The fourth-order valence-corrected chi connectivity index (χ4v) is 4.45. The minimum atomic E-state index is -4.80. The van der Waals surface area contributed by atoms with Crippen molar-refractivity contribution in [3.05, 3.63) is 46.0 Å². The summed E-state index contributed by atoms with van der Waals surface area (Å²) in [6.07, 6.45) is -5.50. The van der Waals surface area contributed by atoms with Crippen molar-refractivity contribution in [1.82, 2.24) is 20.1 Å². The summed E-state index contributed by atoms with van der Waals surface area (Å²) in [5, 5.41) is 7.89. The minimum Gasteiger partial charge on any atom is -0.380 e. The van der Waals surface area contributed by atoms with Crippen molar-refractivity contribution in [3.63, 3.8) is 0 Å². The third-order valence-electron chi connectivity index (χ3n) is 6.39. The van der Waals surface area contributed by atoms with Crippen LogP contribution in [-0.2, 0) is 17.1 Å². The first-order valence-corrected chi connectivity index (χ1v) is 11.6. The summed E-state index contributed by atoms with van der Waals surface area (Å²) in [6.45, 7) is 3.65. The van der Waals surface area contributed by atoms with Gasteiger partial charge < -0.3 is 15.0 Å². The van der Waals surface area contributed by atoms with Gasteiger partial charge in [0.25, 0.3) is 5.56 Å². The summed E-state index contributed by atoms with van der Waals surface area (Å²) in [5.41, 5.74) is -3.76. The Bertz CT molecular complexity index is 1070. The molecule has 2 aliphatic heterocycles. The van der Waals surface area contributed by atoms with Crippen LogP contribution in [-0.4, -0.2) is 71.6 Å². The van der Waals surface area contributed by atoms with Gasteiger partial charge in [0, 0.05) is 45.5 Å². The van der Waals surface area contributed by atoms with Crippen molar-refractivity contribution in [1.29, 1.82) is 0 Å². The molecule has 14 heteroatoms. The molecule has 2 aromatic rings. The van der Waals surface area contributed by atoms with Crippen LogP contribution in [0.2, 0.25) is 0 Å². The molecular formula is C22H26F6N6O2. The molecule has 198 valence electrons. The van der Waals surface area contributed by atoms with Gasteiger partial charge in [-0.05, 0) is 31.4 Å². The molecule has 0 bridgehead atoms. The number of aromatic amines is 1. The first-order chi connectivity index (χ1) is 17.0. The van der Waals surface area contributed by atoms with Crippen molar-refractivity contribution >= 4 is 11.5 Å². The van der Waals surface area contributed by atoms with E-state index in [9.17, 15) is 31.1 Å². The summed E-state index contributed by atoms with van der Waals surface area (Å²) in [4.78, 5) is 19.7. The molecule has 2 atom stereocenters. The van der Waals surface area contributed by atoms with Gasteiger partial charge in [0.2, 0.25) is 0 Å². The van der Waals surface area contributed by atoms with Gasteiger partial charge >= 0.3 is 12.4 Å². The summed E-state index contributed by atoms with van der Waals surface area (Å²) in [6, 6.07) is 2.42. The van der Waals surface area contributed by atoms with Gasteiger partial charge in [0.15, 0.2) is 0 Å². The van der Waals surface area contributed by atoms with Crippen LogP contribution in [0.1, 0.15) is 30.4 Å². The molecule has 0 amide bonds. The molecule has 0 radical (unpaired) electrons. The second kappa shape index (κ2) is 10.6. The minimum absolute atomic E-state index is 0.0224. The number of ether oxygens (including phenoxy) is 1. The van der Waals surface area contributed by atoms with Crippen molar-refractivity contribution in [3.8, 4) is 0 Å². The lowest BCUT2D eigenvalue weighted by Gasteiger charge is -2.35. The van der Waals surface area contributed by atoms with Crippen LogP contribution in [0.25, 0.3) is 0 Å². The average molecular weight is 520 g/mol. The Labute approximate surface area is 202 Å². The molecule has 0 aromatic carbocycles. The van der Waals surface area contributed by atoms with E-state index in [0.717, 1.165) is 50.9 Å². The molecular weight excluding hydrogens is 494 g/mol. The zero-order valence-corrected chi connectivity index (χ0v) is 19.2. The third-order valence-corrected chi connectivity index (χ3v) is 6.39. The Morgan fingerprint density at radius 3 is 2.36 bits per heavy atom. The first-order valence-electron chi connectivity index (χ1n) is 11.6. The molecule has 0 aliphatic carbocycles. The molecule has 2 N–H and O–H groups in total. The normalized spacial score (nSPS) is 21.7. The standard InChI is InChI=1S/C22H26F6N6O2/c23-21(24,25)14-1-4-18(30-11-14)34-9-7-33(8-10-34)6-5-15-2-3-16(36-15)12-29-17-13-31-32-20(35)19(17)22(26,27)28/h1,4,11,13,15-16H,2-3,5-10,12H2,(H2,29,32,35)/t15-,16-/m0/s1. The molecule has 0 spiro atoms. The molecule has 0 unspecified atom stereocenters. The zero-order chi connectivity index (χ0) is 25.9. The van der Waals surface area contributed by atoms with Gasteiger partial charge in [-0.2, -0.15) is 31.4 Å². The number of hydrogen-bond donors (Lipinski definition) is 2. The van der Waals surface area contributed by atoms with Gasteiger partial charge in [-0.3, -0.25) is 9.69 Å². The van der Waals surface area contributed by atoms with Crippen LogP contribution in [0.5, 0.6) is 0 Å². The van der Waals surface area contributed by atoms with Crippen molar-refractivity contribution < 1.29 is 31.1 Å². The van der Waals surface area contributed by atoms with Crippen LogP contribution in [0.15, 0.2) is 29.3 Å². The highest BCUT2D eigenvalue weighted by Gasteiger charge is 2.38. The third kappa shape index (κ3) is 6.46. The summed E-state index contributed by atoms with van der Waals surface area (Å²) >= 11 is 0. The number of pyridine rings is 1. The van der Waals surface area contributed by atoms with E-state index in [1.54, 1.807) is 5.10 Å². The molecule has 2 aromatic heterocycles. The predicted molar refractivity (Wildman–Crippen MR) is 119 cm³/mol. The predicted octanol–water partition coefficient (Wildman–Crippen LogP) is 3.37. The summed E-state index contributed by atoms with van der Waals surface area (Å²) in [5.74, 6) is 0.515. The van der Waals surface area contributed by atoms with E-state index in [1.807, 2.05) is 4.90 Å². The number of halogens is 6. The number of alkyl halides is 6. The number of rotatable bonds is 7. The zero-order valence-electron chi connectivity index (χ0n) is 19.2. The number of nitrogens with one attached hydrogen (secondary N) is 2. The Hall–Kier alpha value is -2.87. The SMILES string of the molecule is O=c1[nH]ncc(NC[C@@H]2CC[C@@H](CCN3CCN(c4ccc(C(F)(F)F)cn4)CC3)O2)c1C(F)(F)F. The van der Waals surface area contributed by atoms with Crippen LogP contribution in [0.3, 0.4) is 0 Å². The highest BCUT2D eigenvalue weighted by Crippen LogP contribution is 2.32. The van der Waals surface area contributed by atoms with E-state index in [4.69, 9.17) is 4.74 Å². The maximum Gasteiger partial charge on any atom is 0.423 e. The smallest absolute Gasteiger partial charge is 0.380 e. The lowest BCUT2D eigenvalue weighted by Crippen LogP contribution is -2.47. The largest absolute Gasteiger partial charge is 0.423 e. The number of nitrogens with zero attached hydrogens (tertiary/aromatic N) is 4. The molecule has 4 heterocycles. The van der Waals surface area contributed by atoms with Crippen molar-refractivity contribution in [2.24, 2.45) is 0 Å². The monoisotopic (exact) mass is 520 g/mol. The van der Waals surface area contributed by atoms with Gasteiger partial charge in [-0.25, -0.2) is 10.1 Å². The first kappa shape index (κ1) is 26.2. The number of aromatic nitrogens is 3. The lowest BCUT2D eigenvalue weighted by atomic mass is 10.1. The number of H-pyrrole nitrogens is 1.